The van der Waals surface area contributed by atoms with E-state index in [1.54, 1.807) is 4.90 Å². The van der Waals surface area contributed by atoms with Crippen LogP contribution in [0.25, 0.3) is 0 Å². The number of likely N-dealkylation sites (tertiary alicyclic amines) is 1. The van der Waals surface area contributed by atoms with Crippen molar-refractivity contribution in [3.8, 4) is 0 Å². The standard InChI is InChI=1S/C18H26FN3O4S/c1-20-10-11-26-18(14-20)6-8-21(9-7-18)17(23)13-22(27(2,24)25)16-5-3-4-15(19)12-16/h3-5,12H,6-11,13-14H2,1-2H3. The van der Waals surface area contributed by atoms with Crippen LogP contribution in [0.15, 0.2) is 24.3 Å². The van der Waals surface area contributed by atoms with Crippen molar-refractivity contribution in [2.45, 2.75) is 18.4 Å². The monoisotopic (exact) mass is 399 g/mol. The highest BCUT2D eigenvalue weighted by atomic mass is 32.2. The normalized spacial score (nSPS) is 20.6. The quantitative estimate of drug-likeness (QED) is 0.753. The van der Waals surface area contributed by atoms with Gasteiger partial charge in [0, 0.05) is 26.2 Å². The Hall–Kier alpha value is -1.71. The summed E-state index contributed by atoms with van der Waals surface area (Å²) in [5.74, 6) is -0.837. The van der Waals surface area contributed by atoms with Gasteiger partial charge in [-0.2, -0.15) is 0 Å². The lowest BCUT2D eigenvalue weighted by Crippen LogP contribution is -2.57. The Bertz CT molecular complexity index is 794. The van der Waals surface area contributed by atoms with Gasteiger partial charge in [-0.05, 0) is 38.1 Å². The third-order valence-electron chi connectivity index (χ3n) is 5.24. The number of halogens is 1. The number of likely N-dealkylation sites (N-methyl/N-ethyl adjacent to an activating group) is 1. The number of benzene rings is 1. The number of ether oxygens (including phenoxy) is 1. The van der Waals surface area contributed by atoms with Crippen LogP contribution in [0.1, 0.15) is 12.8 Å². The number of carbonyl (C=O) groups excluding carboxylic acids is 1. The number of hydrogen-bond donors (Lipinski definition) is 0. The number of piperidine rings is 1. The van der Waals surface area contributed by atoms with E-state index in [1.807, 2.05) is 0 Å². The van der Waals surface area contributed by atoms with E-state index in [0.29, 0.717) is 19.7 Å². The highest BCUT2D eigenvalue weighted by molar-refractivity contribution is 7.92. The number of morpholine rings is 1. The minimum absolute atomic E-state index is 0.150. The molecule has 1 amide bonds. The smallest absolute Gasteiger partial charge is 0.243 e. The molecule has 0 aromatic heterocycles. The first-order valence-corrected chi connectivity index (χ1v) is 10.9. The van der Waals surface area contributed by atoms with Gasteiger partial charge in [-0.3, -0.25) is 9.10 Å². The summed E-state index contributed by atoms with van der Waals surface area (Å²) in [7, 11) is -1.65. The maximum absolute atomic E-state index is 13.5. The fourth-order valence-corrected chi connectivity index (χ4v) is 4.60. The molecule has 0 N–H and O–H groups in total. The summed E-state index contributed by atoms with van der Waals surface area (Å²) in [4.78, 5) is 16.6. The van der Waals surface area contributed by atoms with Crippen molar-refractivity contribution in [1.29, 1.82) is 0 Å². The Morgan fingerprint density at radius 2 is 2.00 bits per heavy atom. The third-order valence-corrected chi connectivity index (χ3v) is 6.38. The molecule has 0 radical (unpaired) electrons. The van der Waals surface area contributed by atoms with Crippen LogP contribution >= 0.6 is 0 Å². The molecular formula is C18H26FN3O4S. The van der Waals surface area contributed by atoms with Gasteiger partial charge < -0.3 is 14.5 Å². The Balaban J connectivity index is 1.67. The van der Waals surface area contributed by atoms with Gasteiger partial charge in [0.25, 0.3) is 0 Å². The van der Waals surface area contributed by atoms with Crippen LogP contribution in [0.3, 0.4) is 0 Å². The van der Waals surface area contributed by atoms with Crippen molar-refractivity contribution in [3.63, 3.8) is 0 Å². The van der Waals surface area contributed by atoms with E-state index in [4.69, 9.17) is 4.74 Å². The summed E-state index contributed by atoms with van der Waals surface area (Å²) in [5, 5.41) is 0. The van der Waals surface area contributed by atoms with E-state index in [-0.39, 0.29) is 23.7 Å². The van der Waals surface area contributed by atoms with Crippen LogP contribution in [-0.2, 0) is 19.6 Å². The zero-order chi connectivity index (χ0) is 19.7. The van der Waals surface area contributed by atoms with Crippen molar-refractivity contribution in [1.82, 2.24) is 9.80 Å². The molecule has 2 aliphatic rings. The van der Waals surface area contributed by atoms with Crippen LogP contribution in [-0.4, -0.2) is 82.4 Å². The summed E-state index contributed by atoms with van der Waals surface area (Å²) < 4.78 is 44.7. The number of amides is 1. The molecule has 2 aliphatic heterocycles. The molecule has 27 heavy (non-hydrogen) atoms. The largest absolute Gasteiger partial charge is 0.372 e. The Morgan fingerprint density at radius 3 is 2.59 bits per heavy atom. The first-order valence-electron chi connectivity index (χ1n) is 9.02. The van der Waals surface area contributed by atoms with E-state index in [1.165, 1.54) is 18.2 Å². The number of anilines is 1. The molecule has 0 aliphatic carbocycles. The van der Waals surface area contributed by atoms with Gasteiger partial charge in [0.1, 0.15) is 12.4 Å². The van der Waals surface area contributed by atoms with Gasteiger partial charge in [-0.1, -0.05) is 6.07 Å². The van der Waals surface area contributed by atoms with Gasteiger partial charge in [0.15, 0.2) is 0 Å². The lowest BCUT2D eigenvalue weighted by atomic mass is 9.89. The minimum Gasteiger partial charge on any atom is -0.372 e. The molecule has 2 heterocycles. The molecule has 150 valence electrons. The molecule has 1 aromatic carbocycles. The molecular weight excluding hydrogens is 373 g/mol. The highest BCUT2D eigenvalue weighted by Gasteiger charge is 2.40. The third kappa shape index (κ3) is 4.77. The van der Waals surface area contributed by atoms with Crippen molar-refractivity contribution in [2.75, 3.05) is 56.9 Å². The molecule has 0 bridgehead atoms. The van der Waals surface area contributed by atoms with Gasteiger partial charge in [0.2, 0.25) is 15.9 Å². The number of nitrogens with zero attached hydrogens (tertiary/aromatic N) is 3. The number of hydrogen-bond acceptors (Lipinski definition) is 5. The maximum atomic E-state index is 13.5. The van der Waals surface area contributed by atoms with E-state index in [2.05, 4.69) is 11.9 Å². The number of carbonyl (C=O) groups is 1. The molecule has 0 saturated carbocycles. The summed E-state index contributed by atoms with van der Waals surface area (Å²) in [5.41, 5.74) is -0.0698. The van der Waals surface area contributed by atoms with Gasteiger partial charge in [0.05, 0.1) is 24.2 Å². The molecule has 1 spiro atoms. The van der Waals surface area contributed by atoms with Crippen LogP contribution in [0.2, 0.25) is 0 Å². The van der Waals surface area contributed by atoms with E-state index in [0.717, 1.165) is 42.6 Å². The van der Waals surface area contributed by atoms with Crippen LogP contribution in [0, 0.1) is 5.82 Å². The number of rotatable bonds is 4. The predicted molar refractivity (Wildman–Crippen MR) is 101 cm³/mol. The minimum atomic E-state index is -3.71. The zero-order valence-corrected chi connectivity index (χ0v) is 16.5. The average Bonchev–Trinajstić information content (AvgIpc) is 2.59. The maximum Gasteiger partial charge on any atom is 0.243 e. The second-order valence-electron chi connectivity index (χ2n) is 7.40. The van der Waals surface area contributed by atoms with Crippen molar-refractivity contribution in [2.24, 2.45) is 0 Å². The molecule has 3 rings (SSSR count). The lowest BCUT2D eigenvalue weighted by Gasteiger charge is -2.46. The molecule has 9 heteroatoms. The Labute approximate surface area is 159 Å². The Kier molecular flexibility index (Phi) is 5.73. The van der Waals surface area contributed by atoms with Crippen molar-refractivity contribution >= 4 is 21.6 Å². The zero-order valence-electron chi connectivity index (χ0n) is 15.7. The summed E-state index contributed by atoms with van der Waals surface area (Å²) in [6.07, 6.45) is 2.46. The van der Waals surface area contributed by atoms with E-state index < -0.39 is 15.8 Å². The SMILES string of the molecule is CN1CCOC2(CCN(C(=O)CN(c3cccc(F)c3)S(C)(=O)=O)CC2)C1. The first-order chi connectivity index (χ1) is 12.7. The second kappa shape index (κ2) is 7.73. The van der Waals surface area contributed by atoms with Gasteiger partial charge in [-0.15, -0.1) is 0 Å². The highest BCUT2D eigenvalue weighted by Crippen LogP contribution is 2.30. The lowest BCUT2D eigenvalue weighted by molar-refractivity contribution is -0.147. The van der Waals surface area contributed by atoms with Gasteiger partial charge in [-0.25, -0.2) is 12.8 Å². The molecule has 2 saturated heterocycles. The fourth-order valence-electron chi connectivity index (χ4n) is 3.75. The van der Waals surface area contributed by atoms with Crippen LogP contribution in [0.5, 0.6) is 0 Å². The van der Waals surface area contributed by atoms with Crippen molar-refractivity contribution in [3.05, 3.63) is 30.1 Å². The fraction of sp³-hybridized carbons (Fsp3) is 0.611. The predicted octanol–water partition coefficient (Wildman–Crippen LogP) is 0.915. The molecule has 0 unspecified atom stereocenters. The summed E-state index contributed by atoms with van der Waals surface area (Å²) in [6, 6.07) is 5.26. The molecule has 7 nitrogen and oxygen atoms in total. The molecule has 2 fully saturated rings. The van der Waals surface area contributed by atoms with Gasteiger partial charge >= 0.3 is 0 Å². The average molecular weight is 399 g/mol. The first kappa shape index (κ1) is 20.0. The molecule has 0 atom stereocenters. The van der Waals surface area contributed by atoms with E-state index in [9.17, 15) is 17.6 Å². The van der Waals surface area contributed by atoms with Crippen molar-refractivity contribution < 1.29 is 22.3 Å². The van der Waals surface area contributed by atoms with Crippen LogP contribution < -0.4 is 4.31 Å². The van der Waals surface area contributed by atoms with E-state index >= 15 is 0 Å². The topological polar surface area (TPSA) is 70.2 Å². The second-order valence-corrected chi connectivity index (χ2v) is 9.31. The summed E-state index contributed by atoms with van der Waals surface area (Å²) in [6.45, 7) is 3.14. The van der Waals surface area contributed by atoms with Crippen LogP contribution in [0.4, 0.5) is 10.1 Å². The summed E-state index contributed by atoms with van der Waals surface area (Å²) >= 11 is 0. The Morgan fingerprint density at radius 1 is 1.30 bits per heavy atom. The molecule has 1 aromatic rings. The number of sulfonamides is 1.